The number of aromatic nitrogens is 1. The van der Waals surface area contributed by atoms with E-state index in [0.29, 0.717) is 0 Å². The van der Waals surface area contributed by atoms with Crippen molar-refractivity contribution in [3.05, 3.63) is 23.9 Å². The van der Waals surface area contributed by atoms with Crippen LogP contribution < -0.4 is 4.90 Å². The molecule has 0 unspecified atom stereocenters. The second-order valence-electron chi connectivity index (χ2n) is 4.36. The highest BCUT2D eigenvalue weighted by atomic mass is 16.2. The Morgan fingerprint density at radius 2 is 2.25 bits per heavy atom. The van der Waals surface area contributed by atoms with E-state index in [0.717, 1.165) is 24.2 Å². The van der Waals surface area contributed by atoms with Gasteiger partial charge >= 0.3 is 0 Å². The number of likely N-dealkylation sites (N-methyl/N-ethyl adjacent to an activating group) is 1. The van der Waals surface area contributed by atoms with Crippen LogP contribution in [0.15, 0.2) is 18.3 Å². The van der Waals surface area contributed by atoms with Gasteiger partial charge in [0.2, 0.25) is 5.91 Å². The number of amides is 1. The van der Waals surface area contributed by atoms with Crippen molar-refractivity contribution in [1.82, 2.24) is 4.98 Å². The third-order valence-corrected chi connectivity index (χ3v) is 3.24. The molecule has 1 atom stereocenters. The van der Waals surface area contributed by atoms with Crippen molar-refractivity contribution in [2.24, 2.45) is 0 Å². The van der Waals surface area contributed by atoms with Crippen molar-refractivity contribution in [3.63, 3.8) is 0 Å². The SMILES string of the molecule is CCCCC[C@H]1C(=O)N(C)c2ncccc21. The van der Waals surface area contributed by atoms with Crippen molar-refractivity contribution in [2.45, 2.75) is 38.5 Å². The summed E-state index contributed by atoms with van der Waals surface area (Å²) in [7, 11) is 1.81. The Kier molecular flexibility index (Phi) is 3.22. The summed E-state index contributed by atoms with van der Waals surface area (Å²) in [5, 5.41) is 0. The van der Waals surface area contributed by atoms with Crippen LogP contribution in [-0.4, -0.2) is 17.9 Å². The molecule has 0 bridgehead atoms. The zero-order valence-corrected chi connectivity index (χ0v) is 9.94. The Balaban J connectivity index is 2.17. The van der Waals surface area contributed by atoms with Crippen molar-refractivity contribution in [2.75, 3.05) is 11.9 Å². The fourth-order valence-corrected chi connectivity index (χ4v) is 2.31. The van der Waals surface area contributed by atoms with Crippen LogP contribution in [0.2, 0.25) is 0 Å². The summed E-state index contributed by atoms with van der Waals surface area (Å²) < 4.78 is 0. The molecule has 1 amide bonds. The Bertz CT molecular complexity index is 389. The second kappa shape index (κ2) is 4.64. The fourth-order valence-electron chi connectivity index (χ4n) is 2.31. The maximum absolute atomic E-state index is 12.0. The van der Waals surface area contributed by atoms with Gasteiger partial charge in [-0.25, -0.2) is 4.98 Å². The largest absolute Gasteiger partial charge is 0.299 e. The average Bonchev–Trinajstić information content (AvgIpc) is 2.55. The number of fused-ring (bicyclic) bond motifs is 1. The van der Waals surface area contributed by atoms with Gasteiger partial charge in [-0.1, -0.05) is 32.3 Å². The summed E-state index contributed by atoms with van der Waals surface area (Å²) >= 11 is 0. The van der Waals surface area contributed by atoms with Crippen molar-refractivity contribution < 1.29 is 4.79 Å². The van der Waals surface area contributed by atoms with Gasteiger partial charge in [-0.15, -0.1) is 0 Å². The van der Waals surface area contributed by atoms with Gasteiger partial charge in [0.05, 0.1) is 5.92 Å². The van der Waals surface area contributed by atoms with Crippen molar-refractivity contribution >= 4 is 11.7 Å². The number of carbonyl (C=O) groups excluding carboxylic acids is 1. The maximum atomic E-state index is 12.0. The van der Waals surface area contributed by atoms with Crippen LogP contribution in [0, 0.1) is 0 Å². The molecule has 1 aromatic rings. The average molecular weight is 218 g/mol. The molecule has 0 spiro atoms. The molecule has 1 aromatic heterocycles. The number of nitrogens with zero attached hydrogens (tertiary/aromatic N) is 2. The van der Waals surface area contributed by atoms with Crippen LogP contribution in [0.25, 0.3) is 0 Å². The first-order valence-corrected chi connectivity index (χ1v) is 5.98. The van der Waals surface area contributed by atoms with Gasteiger partial charge in [0, 0.05) is 18.8 Å². The quantitative estimate of drug-likeness (QED) is 0.728. The molecule has 3 nitrogen and oxygen atoms in total. The Morgan fingerprint density at radius 1 is 1.44 bits per heavy atom. The van der Waals surface area contributed by atoms with E-state index in [9.17, 15) is 4.79 Å². The molecule has 0 aliphatic carbocycles. The van der Waals surface area contributed by atoms with Crippen LogP contribution in [0.4, 0.5) is 5.82 Å². The number of unbranched alkanes of at least 4 members (excludes halogenated alkanes) is 2. The molecule has 0 saturated heterocycles. The molecule has 0 aromatic carbocycles. The van der Waals surface area contributed by atoms with E-state index in [1.165, 1.54) is 12.8 Å². The third kappa shape index (κ3) is 1.82. The normalized spacial score (nSPS) is 19.0. The predicted octanol–water partition coefficient (Wildman–Crippen LogP) is 2.72. The molecular formula is C13H18N2O. The molecule has 0 N–H and O–H groups in total. The molecule has 0 fully saturated rings. The smallest absolute Gasteiger partial charge is 0.235 e. The molecular weight excluding hydrogens is 200 g/mol. The zero-order chi connectivity index (χ0) is 11.5. The number of anilines is 1. The van der Waals surface area contributed by atoms with Gasteiger partial charge in [0.25, 0.3) is 0 Å². The maximum Gasteiger partial charge on any atom is 0.235 e. The minimum atomic E-state index is 0.0419. The van der Waals surface area contributed by atoms with E-state index >= 15 is 0 Å². The van der Waals surface area contributed by atoms with Crippen LogP contribution in [0.5, 0.6) is 0 Å². The lowest BCUT2D eigenvalue weighted by atomic mass is 9.96. The van der Waals surface area contributed by atoms with E-state index in [-0.39, 0.29) is 11.8 Å². The number of hydrogen-bond donors (Lipinski definition) is 0. The fraction of sp³-hybridized carbons (Fsp3) is 0.538. The zero-order valence-electron chi connectivity index (χ0n) is 9.94. The monoisotopic (exact) mass is 218 g/mol. The minimum absolute atomic E-state index is 0.0419. The van der Waals surface area contributed by atoms with E-state index in [4.69, 9.17) is 0 Å². The minimum Gasteiger partial charge on any atom is -0.299 e. The lowest BCUT2D eigenvalue weighted by Crippen LogP contribution is -2.24. The topological polar surface area (TPSA) is 33.2 Å². The van der Waals surface area contributed by atoms with E-state index in [1.54, 1.807) is 11.1 Å². The van der Waals surface area contributed by atoms with Crippen molar-refractivity contribution in [1.29, 1.82) is 0 Å². The summed E-state index contributed by atoms with van der Waals surface area (Å²) in [6.07, 6.45) is 6.21. The van der Waals surface area contributed by atoms with Gasteiger partial charge in [0.15, 0.2) is 0 Å². The third-order valence-electron chi connectivity index (χ3n) is 3.24. The highest BCUT2D eigenvalue weighted by Crippen LogP contribution is 2.37. The number of carbonyl (C=O) groups is 1. The number of rotatable bonds is 4. The number of pyridine rings is 1. The predicted molar refractivity (Wildman–Crippen MR) is 64.5 cm³/mol. The first-order valence-electron chi connectivity index (χ1n) is 5.98. The molecule has 0 radical (unpaired) electrons. The van der Waals surface area contributed by atoms with E-state index < -0.39 is 0 Å². The van der Waals surface area contributed by atoms with E-state index in [2.05, 4.69) is 11.9 Å². The summed E-state index contributed by atoms with van der Waals surface area (Å²) in [5.41, 5.74) is 1.10. The first-order chi connectivity index (χ1) is 7.75. The van der Waals surface area contributed by atoms with Gasteiger partial charge in [0.1, 0.15) is 5.82 Å². The van der Waals surface area contributed by atoms with Crippen LogP contribution in [0.1, 0.15) is 44.1 Å². The molecule has 0 saturated carbocycles. The van der Waals surface area contributed by atoms with Gasteiger partial charge in [-0.05, 0) is 12.5 Å². The summed E-state index contributed by atoms with van der Waals surface area (Å²) in [4.78, 5) is 18.0. The van der Waals surface area contributed by atoms with Crippen LogP contribution in [-0.2, 0) is 4.79 Å². The standard InChI is InChI=1S/C13H18N2O/c1-3-4-5-7-11-10-8-6-9-14-12(10)15(2)13(11)16/h6,8-9,11H,3-5,7H2,1-2H3/t11-/m1/s1. The van der Waals surface area contributed by atoms with Gasteiger partial charge < -0.3 is 0 Å². The second-order valence-corrected chi connectivity index (χ2v) is 4.36. The highest BCUT2D eigenvalue weighted by Gasteiger charge is 2.35. The molecule has 2 heterocycles. The van der Waals surface area contributed by atoms with Crippen LogP contribution >= 0.6 is 0 Å². The first kappa shape index (κ1) is 11.1. The summed E-state index contributed by atoms with van der Waals surface area (Å²) in [6.45, 7) is 2.18. The Morgan fingerprint density at radius 3 is 3.00 bits per heavy atom. The molecule has 2 rings (SSSR count). The Labute approximate surface area is 96.5 Å². The molecule has 1 aliphatic heterocycles. The number of hydrogen-bond acceptors (Lipinski definition) is 2. The van der Waals surface area contributed by atoms with Crippen LogP contribution in [0.3, 0.4) is 0 Å². The summed E-state index contributed by atoms with van der Waals surface area (Å²) in [6, 6.07) is 3.94. The lowest BCUT2D eigenvalue weighted by molar-refractivity contribution is -0.119. The highest BCUT2D eigenvalue weighted by molar-refractivity contribution is 6.03. The Hall–Kier alpha value is -1.38. The van der Waals surface area contributed by atoms with Gasteiger partial charge in [-0.2, -0.15) is 0 Å². The van der Waals surface area contributed by atoms with Crippen molar-refractivity contribution in [3.8, 4) is 0 Å². The van der Waals surface area contributed by atoms with E-state index in [1.807, 2.05) is 19.2 Å². The molecule has 16 heavy (non-hydrogen) atoms. The molecule has 86 valence electrons. The molecule has 3 heteroatoms. The van der Waals surface area contributed by atoms with Gasteiger partial charge in [-0.3, -0.25) is 9.69 Å². The molecule has 1 aliphatic rings. The lowest BCUT2D eigenvalue weighted by Gasteiger charge is -2.09. The summed E-state index contributed by atoms with van der Waals surface area (Å²) in [5.74, 6) is 1.08.